The van der Waals surface area contributed by atoms with Crippen molar-refractivity contribution in [3.05, 3.63) is 35.4 Å². The minimum atomic E-state index is 0.729. The fourth-order valence-electron chi connectivity index (χ4n) is 4.15. The molecule has 28 heavy (non-hydrogen) atoms. The molecule has 2 fully saturated rings. The van der Waals surface area contributed by atoms with Crippen LogP contribution in [0.4, 0.5) is 0 Å². The van der Waals surface area contributed by atoms with Gasteiger partial charge in [0.2, 0.25) is 0 Å². The van der Waals surface area contributed by atoms with E-state index in [4.69, 9.17) is 4.99 Å². The van der Waals surface area contributed by atoms with Gasteiger partial charge in [-0.2, -0.15) is 0 Å². The molecule has 2 aliphatic rings. The number of rotatable bonds is 7. The van der Waals surface area contributed by atoms with Crippen molar-refractivity contribution in [2.75, 3.05) is 46.3 Å². The van der Waals surface area contributed by atoms with Crippen LogP contribution in [0.25, 0.3) is 0 Å². The molecule has 3 rings (SSSR count). The quantitative estimate of drug-likeness (QED) is 0.559. The molecule has 0 aromatic heterocycles. The van der Waals surface area contributed by atoms with Crippen LogP contribution in [0.15, 0.2) is 29.3 Å². The molecular formula is C23H39N5. The van der Waals surface area contributed by atoms with Crippen LogP contribution in [0.3, 0.4) is 0 Å². The van der Waals surface area contributed by atoms with Crippen LogP contribution in [0, 0.1) is 5.92 Å². The van der Waals surface area contributed by atoms with Crippen LogP contribution < -0.4 is 10.6 Å². The Labute approximate surface area is 171 Å². The van der Waals surface area contributed by atoms with Crippen molar-refractivity contribution >= 4 is 5.96 Å². The highest BCUT2D eigenvalue weighted by Gasteiger charge is 2.16. The Kier molecular flexibility index (Phi) is 8.62. The molecule has 0 amide bonds. The van der Waals surface area contributed by atoms with Gasteiger partial charge in [-0.25, -0.2) is 4.99 Å². The highest BCUT2D eigenvalue weighted by molar-refractivity contribution is 5.79. The second kappa shape index (κ2) is 11.4. The molecule has 0 unspecified atom stereocenters. The maximum absolute atomic E-state index is 4.80. The lowest BCUT2D eigenvalue weighted by Crippen LogP contribution is -2.42. The topological polar surface area (TPSA) is 42.9 Å². The van der Waals surface area contributed by atoms with Crippen LogP contribution in [0.1, 0.15) is 50.2 Å². The normalized spacial score (nSPS) is 20.3. The van der Waals surface area contributed by atoms with Crippen molar-refractivity contribution in [3.8, 4) is 0 Å². The van der Waals surface area contributed by atoms with E-state index >= 15 is 0 Å². The van der Waals surface area contributed by atoms with Gasteiger partial charge in [0.15, 0.2) is 5.96 Å². The lowest BCUT2D eigenvalue weighted by Gasteiger charge is -2.29. The molecule has 2 N–H and O–H groups in total. The predicted molar refractivity (Wildman–Crippen MR) is 119 cm³/mol. The third kappa shape index (κ3) is 7.10. The lowest BCUT2D eigenvalue weighted by atomic mass is 9.97. The average Bonchev–Trinajstić information content (AvgIpc) is 2.73. The molecule has 0 bridgehead atoms. The van der Waals surface area contributed by atoms with E-state index < -0.39 is 0 Å². The third-order valence-electron chi connectivity index (χ3n) is 6.04. The van der Waals surface area contributed by atoms with Gasteiger partial charge in [0.25, 0.3) is 0 Å². The van der Waals surface area contributed by atoms with Gasteiger partial charge in [-0.3, -0.25) is 4.90 Å². The minimum Gasteiger partial charge on any atom is -0.357 e. The summed E-state index contributed by atoms with van der Waals surface area (Å²) in [7, 11) is 2.22. The van der Waals surface area contributed by atoms with Crippen LogP contribution in [0.5, 0.6) is 0 Å². The SMILES string of the molecule is CCNC(=NCc1ccc(CN2CCCCC2)cc1)NCC1CCN(C)CC1. The maximum Gasteiger partial charge on any atom is 0.191 e. The number of likely N-dealkylation sites (tertiary alicyclic amines) is 2. The Hall–Kier alpha value is -1.59. The molecule has 1 aromatic rings. The number of nitrogens with one attached hydrogen (secondary N) is 2. The monoisotopic (exact) mass is 385 g/mol. The summed E-state index contributed by atoms with van der Waals surface area (Å²) in [5, 5.41) is 6.94. The van der Waals surface area contributed by atoms with Crippen LogP contribution >= 0.6 is 0 Å². The zero-order valence-corrected chi connectivity index (χ0v) is 17.9. The van der Waals surface area contributed by atoms with Crippen LogP contribution in [-0.2, 0) is 13.1 Å². The van der Waals surface area contributed by atoms with Crippen molar-refractivity contribution in [2.24, 2.45) is 10.9 Å². The van der Waals surface area contributed by atoms with E-state index in [0.29, 0.717) is 0 Å². The van der Waals surface area contributed by atoms with Crippen molar-refractivity contribution in [1.82, 2.24) is 20.4 Å². The minimum absolute atomic E-state index is 0.729. The highest BCUT2D eigenvalue weighted by atomic mass is 15.2. The van der Waals surface area contributed by atoms with Crippen molar-refractivity contribution in [1.29, 1.82) is 0 Å². The van der Waals surface area contributed by atoms with E-state index in [1.54, 1.807) is 0 Å². The summed E-state index contributed by atoms with van der Waals surface area (Å²) in [4.78, 5) is 9.80. The van der Waals surface area contributed by atoms with E-state index in [1.807, 2.05) is 0 Å². The predicted octanol–water partition coefficient (Wildman–Crippen LogP) is 3.07. The van der Waals surface area contributed by atoms with Crippen molar-refractivity contribution < 1.29 is 0 Å². The summed E-state index contributed by atoms with van der Waals surface area (Å²) >= 11 is 0. The van der Waals surface area contributed by atoms with E-state index in [0.717, 1.165) is 38.1 Å². The Morgan fingerprint density at radius 3 is 2.32 bits per heavy atom. The van der Waals surface area contributed by atoms with Crippen LogP contribution in [-0.4, -0.2) is 62.1 Å². The highest BCUT2D eigenvalue weighted by Crippen LogP contribution is 2.15. The summed E-state index contributed by atoms with van der Waals surface area (Å²) in [6.07, 6.45) is 6.66. The average molecular weight is 386 g/mol. The standard InChI is InChI=1S/C23H39N5/c1-3-24-23(26-18-21-11-15-27(2)16-12-21)25-17-20-7-9-22(10-8-20)19-28-13-5-4-6-14-28/h7-10,21H,3-6,11-19H2,1-2H3,(H2,24,25,26). The fourth-order valence-corrected chi connectivity index (χ4v) is 4.15. The largest absolute Gasteiger partial charge is 0.357 e. The van der Waals surface area contributed by atoms with Gasteiger partial charge in [-0.05, 0) is 82.9 Å². The molecule has 156 valence electrons. The number of benzene rings is 1. The molecule has 0 spiro atoms. The van der Waals surface area contributed by atoms with Gasteiger partial charge in [0.05, 0.1) is 6.54 Å². The number of piperidine rings is 2. The first kappa shape index (κ1) is 21.1. The summed E-state index contributed by atoms with van der Waals surface area (Å²) in [5.41, 5.74) is 2.70. The zero-order valence-electron chi connectivity index (χ0n) is 17.9. The van der Waals surface area contributed by atoms with Crippen molar-refractivity contribution in [2.45, 2.75) is 52.1 Å². The summed E-state index contributed by atoms with van der Waals surface area (Å²) in [6.45, 7) is 10.8. The summed E-state index contributed by atoms with van der Waals surface area (Å²) < 4.78 is 0. The molecule has 5 nitrogen and oxygen atoms in total. The first-order valence-electron chi connectivity index (χ1n) is 11.2. The smallest absolute Gasteiger partial charge is 0.191 e. The fraction of sp³-hybridized carbons (Fsp3) is 0.696. The molecule has 2 saturated heterocycles. The maximum atomic E-state index is 4.80. The summed E-state index contributed by atoms with van der Waals surface area (Å²) in [5.74, 6) is 1.70. The number of hydrogen-bond acceptors (Lipinski definition) is 3. The van der Waals surface area contributed by atoms with Gasteiger partial charge in [-0.1, -0.05) is 30.7 Å². The molecular weight excluding hydrogens is 346 g/mol. The first-order valence-corrected chi connectivity index (χ1v) is 11.2. The van der Waals surface area contributed by atoms with E-state index in [2.05, 4.69) is 58.7 Å². The molecule has 1 aromatic carbocycles. The molecule has 0 atom stereocenters. The van der Waals surface area contributed by atoms with Gasteiger partial charge in [0.1, 0.15) is 0 Å². The lowest BCUT2D eigenvalue weighted by molar-refractivity contribution is 0.220. The number of hydrogen-bond donors (Lipinski definition) is 2. The molecule has 2 heterocycles. The molecule has 0 saturated carbocycles. The Balaban J connectivity index is 1.46. The second-order valence-electron chi connectivity index (χ2n) is 8.48. The van der Waals surface area contributed by atoms with Crippen LogP contribution in [0.2, 0.25) is 0 Å². The number of nitrogens with zero attached hydrogens (tertiary/aromatic N) is 3. The zero-order chi connectivity index (χ0) is 19.6. The molecule has 0 radical (unpaired) electrons. The second-order valence-corrected chi connectivity index (χ2v) is 8.48. The number of aliphatic imine (C=N–C) groups is 1. The Bertz CT molecular complexity index is 584. The third-order valence-corrected chi connectivity index (χ3v) is 6.04. The van der Waals surface area contributed by atoms with E-state index in [9.17, 15) is 0 Å². The van der Waals surface area contributed by atoms with Crippen molar-refractivity contribution in [3.63, 3.8) is 0 Å². The first-order chi connectivity index (χ1) is 13.7. The summed E-state index contributed by atoms with van der Waals surface area (Å²) in [6, 6.07) is 9.03. The van der Waals surface area contributed by atoms with Gasteiger partial charge < -0.3 is 15.5 Å². The Morgan fingerprint density at radius 2 is 1.64 bits per heavy atom. The molecule has 5 heteroatoms. The number of guanidine groups is 1. The molecule has 2 aliphatic heterocycles. The Morgan fingerprint density at radius 1 is 0.964 bits per heavy atom. The van der Waals surface area contributed by atoms with Gasteiger partial charge >= 0.3 is 0 Å². The molecule has 0 aliphatic carbocycles. The van der Waals surface area contributed by atoms with E-state index in [1.165, 1.54) is 69.4 Å². The van der Waals surface area contributed by atoms with Gasteiger partial charge in [-0.15, -0.1) is 0 Å². The van der Waals surface area contributed by atoms with Gasteiger partial charge in [0, 0.05) is 19.6 Å². The van der Waals surface area contributed by atoms with E-state index in [-0.39, 0.29) is 0 Å².